The molecule has 0 radical (unpaired) electrons. The summed E-state index contributed by atoms with van der Waals surface area (Å²) < 4.78 is 11.3. The van der Waals surface area contributed by atoms with Crippen LogP contribution in [0.25, 0.3) is 5.69 Å². The van der Waals surface area contributed by atoms with Crippen LogP contribution in [0.1, 0.15) is 28.8 Å². The second-order valence-corrected chi connectivity index (χ2v) is 8.71. The Hall–Kier alpha value is -3.03. The number of anilines is 1. The van der Waals surface area contributed by atoms with E-state index in [2.05, 4.69) is 16.7 Å². The lowest BCUT2D eigenvalue weighted by molar-refractivity contribution is -0.705. The van der Waals surface area contributed by atoms with E-state index in [0.717, 1.165) is 43.0 Å². The molecule has 30 heavy (non-hydrogen) atoms. The van der Waals surface area contributed by atoms with Crippen LogP contribution in [0.4, 0.5) is 5.00 Å². The number of methoxy groups -OCH3 is 1. The number of amides is 1. The van der Waals surface area contributed by atoms with Gasteiger partial charge in [-0.1, -0.05) is 0 Å². The predicted octanol–water partition coefficient (Wildman–Crippen LogP) is 2.58. The number of nitriles is 1. The SMILES string of the molecule is COc1ccc(-[n+]2noc([O-])c2SCC(=O)Nc2sc3c(c2C#N)CCCC3)cc1. The Bertz CT molecular complexity index is 1120. The summed E-state index contributed by atoms with van der Waals surface area (Å²) in [4.78, 5) is 13.7. The summed E-state index contributed by atoms with van der Waals surface area (Å²) in [6.07, 6.45) is 3.99. The first-order valence-electron chi connectivity index (χ1n) is 9.31. The molecule has 1 aliphatic rings. The Morgan fingerprint density at radius 2 is 2.17 bits per heavy atom. The standard InChI is InChI=1S/C20H18N4O4S2/c1-27-13-8-6-12(7-9-13)24-19(20(26)28-23-24)29-11-17(25)22-18-15(10-21)14-4-2-3-5-16(14)30-18/h6-9H,2-5,11H2,1H3,(H-,22,23,25,26). The fourth-order valence-electron chi connectivity index (χ4n) is 3.32. The van der Waals surface area contributed by atoms with E-state index in [0.29, 0.717) is 22.0 Å². The van der Waals surface area contributed by atoms with Gasteiger partial charge in [-0.15, -0.1) is 11.3 Å². The van der Waals surface area contributed by atoms with Crippen molar-refractivity contribution >= 4 is 34.0 Å². The molecule has 154 valence electrons. The van der Waals surface area contributed by atoms with Crippen molar-refractivity contribution in [1.82, 2.24) is 5.27 Å². The van der Waals surface area contributed by atoms with E-state index in [1.54, 1.807) is 31.4 Å². The van der Waals surface area contributed by atoms with E-state index in [1.807, 2.05) is 0 Å². The highest BCUT2D eigenvalue weighted by atomic mass is 32.2. The molecule has 0 bridgehead atoms. The highest BCUT2D eigenvalue weighted by Gasteiger charge is 2.24. The summed E-state index contributed by atoms with van der Waals surface area (Å²) in [6.45, 7) is 0. The molecule has 1 aliphatic carbocycles. The van der Waals surface area contributed by atoms with E-state index < -0.39 is 5.95 Å². The van der Waals surface area contributed by atoms with Crippen molar-refractivity contribution in [2.45, 2.75) is 30.7 Å². The molecule has 1 N–H and O–H groups in total. The van der Waals surface area contributed by atoms with Crippen molar-refractivity contribution in [3.05, 3.63) is 40.3 Å². The van der Waals surface area contributed by atoms with Gasteiger partial charge < -0.3 is 19.7 Å². The zero-order valence-corrected chi connectivity index (χ0v) is 17.8. The third-order valence-electron chi connectivity index (χ3n) is 4.77. The maximum Gasteiger partial charge on any atom is 0.298 e. The molecule has 0 saturated carbocycles. The van der Waals surface area contributed by atoms with Crippen molar-refractivity contribution in [1.29, 1.82) is 5.26 Å². The predicted molar refractivity (Wildman–Crippen MR) is 109 cm³/mol. The van der Waals surface area contributed by atoms with Crippen LogP contribution in [0.5, 0.6) is 11.7 Å². The second-order valence-electron chi connectivity index (χ2n) is 6.64. The average Bonchev–Trinajstić information content (AvgIpc) is 3.31. The highest BCUT2D eigenvalue weighted by Crippen LogP contribution is 2.37. The fourth-order valence-corrected chi connectivity index (χ4v) is 5.33. The number of carbonyl (C=O) groups excluding carboxylic acids is 1. The Balaban J connectivity index is 1.47. The van der Waals surface area contributed by atoms with Crippen LogP contribution in [0.15, 0.2) is 33.8 Å². The van der Waals surface area contributed by atoms with E-state index in [4.69, 9.17) is 9.26 Å². The van der Waals surface area contributed by atoms with E-state index in [1.165, 1.54) is 20.9 Å². The molecule has 1 amide bonds. The van der Waals surface area contributed by atoms with Gasteiger partial charge in [0.15, 0.2) is 5.95 Å². The molecule has 10 heteroatoms. The first kappa shape index (κ1) is 20.3. The normalized spacial score (nSPS) is 12.8. The number of rotatable bonds is 6. The number of fused-ring (bicyclic) bond motifs is 1. The summed E-state index contributed by atoms with van der Waals surface area (Å²) in [5.41, 5.74) is 2.24. The summed E-state index contributed by atoms with van der Waals surface area (Å²) in [5.74, 6) is -0.254. The number of carbonyl (C=O) groups is 1. The number of nitrogens with one attached hydrogen (secondary N) is 1. The number of hydrogen-bond donors (Lipinski definition) is 1. The van der Waals surface area contributed by atoms with E-state index in [-0.39, 0.29) is 16.7 Å². The Morgan fingerprint density at radius 1 is 1.40 bits per heavy atom. The lowest BCUT2D eigenvalue weighted by atomic mass is 9.96. The zero-order chi connectivity index (χ0) is 21.1. The van der Waals surface area contributed by atoms with Gasteiger partial charge in [0.25, 0.3) is 5.03 Å². The highest BCUT2D eigenvalue weighted by molar-refractivity contribution is 7.99. The molecule has 0 spiro atoms. The Kier molecular flexibility index (Phi) is 5.92. The lowest BCUT2D eigenvalue weighted by Gasteiger charge is -2.09. The number of thioether (sulfide) groups is 1. The summed E-state index contributed by atoms with van der Waals surface area (Å²) in [6, 6.07) is 9.18. The van der Waals surface area contributed by atoms with Gasteiger partial charge >= 0.3 is 0 Å². The van der Waals surface area contributed by atoms with Gasteiger partial charge in [-0.2, -0.15) is 5.26 Å². The van der Waals surface area contributed by atoms with Gasteiger partial charge in [-0.3, -0.25) is 4.79 Å². The van der Waals surface area contributed by atoms with Gasteiger partial charge in [0, 0.05) is 17.0 Å². The van der Waals surface area contributed by atoms with Crippen LogP contribution in [-0.2, 0) is 17.6 Å². The number of aromatic nitrogens is 2. The first-order valence-corrected chi connectivity index (χ1v) is 11.1. The van der Waals surface area contributed by atoms with Gasteiger partial charge in [0.1, 0.15) is 16.8 Å². The van der Waals surface area contributed by atoms with Crippen LogP contribution >= 0.6 is 23.1 Å². The van der Waals surface area contributed by atoms with Gasteiger partial charge in [0.2, 0.25) is 11.6 Å². The quantitative estimate of drug-likeness (QED) is 0.461. The molecule has 0 atom stereocenters. The van der Waals surface area contributed by atoms with Gasteiger partial charge in [-0.25, -0.2) is 0 Å². The molecule has 0 saturated heterocycles. The van der Waals surface area contributed by atoms with Crippen LogP contribution in [-0.4, -0.2) is 24.0 Å². The maximum atomic E-state index is 12.5. The Morgan fingerprint density at radius 3 is 2.90 bits per heavy atom. The lowest BCUT2D eigenvalue weighted by Crippen LogP contribution is -2.35. The molecule has 0 fully saturated rings. The van der Waals surface area contributed by atoms with Crippen molar-refractivity contribution in [2.24, 2.45) is 0 Å². The molecule has 3 aromatic rings. The summed E-state index contributed by atoms with van der Waals surface area (Å²) in [5, 5.41) is 29.0. The smallest absolute Gasteiger partial charge is 0.298 e. The zero-order valence-electron chi connectivity index (χ0n) is 16.1. The minimum Gasteiger partial charge on any atom is -0.538 e. The number of aryl methyl sites for hydroxylation is 1. The molecule has 0 unspecified atom stereocenters. The van der Waals surface area contributed by atoms with Crippen molar-refractivity contribution in [2.75, 3.05) is 18.2 Å². The summed E-state index contributed by atoms with van der Waals surface area (Å²) >= 11 is 2.50. The number of nitrogens with zero attached hydrogens (tertiary/aromatic N) is 3. The molecular weight excluding hydrogens is 424 g/mol. The molecule has 2 heterocycles. The maximum absolute atomic E-state index is 12.5. The number of ether oxygens (including phenoxy) is 1. The third kappa shape index (κ3) is 3.99. The molecule has 1 aromatic carbocycles. The number of benzene rings is 1. The van der Waals surface area contributed by atoms with Crippen LogP contribution in [0.3, 0.4) is 0 Å². The third-order valence-corrected chi connectivity index (χ3v) is 6.99. The fraction of sp³-hybridized carbons (Fsp3) is 0.300. The van der Waals surface area contributed by atoms with Gasteiger partial charge in [0.05, 0.1) is 23.7 Å². The van der Waals surface area contributed by atoms with Crippen LogP contribution < -0.4 is 19.8 Å². The van der Waals surface area contributed by atoms with Crippen LogP contribution in [0.2, 0.25) is 0 Å². The van der Waals surface area contributed by atoms with Crippen molar-refractivity contribution in [3.63, 3.8) is 0 Å². The number of hydrogen-bond acceptors (Lipinski definition) is 8. The van der Waals surface area contributed by atoms with Gasteiger partial charge in [-0.05, 0) is 59.8 Å². The Labute approximate surface area is 181 Å². The first-order chi connectivity index (χ1) is 14.6. The summed E-state index contributed by atoms with van der Waals surface area (Å²) in [7, 11) is 1.57. The van der Waals surface area contributed by atoms with Crippen LogP contribution in [0, 0.1) is 11.3 Å². The molecule has 8 nitrogen and oxygen atoms in total. The monoisotopic (exact) mass is 442 g/mol. The minimum absolute atomic E-state index is 0.0138. The average molecular weight is 443 g/mol. The second kappa shape index (κ2) is 8.77. The largest absolute Gasteiger partial charge is 0.538 e. The van der Waals surface area contributed by atoms with E-state index in [9.17, 15) is 15.2 Å². The minimum atomic E-state index is -0.618. The van der Waals surface area contributed by atoms with Crippen molar-refractivity contribution < 1.29 is 23.8 Å². The molecule has 0 aliphatic heterocycles. The molecular formula is C20H18N4O4S2. The van der Waals surface area contributed by atoms with Crippen molar-refractivity contribution in [3.8, 4) is 23.5 Å². The topological polar surface area (TPSA) is 115 Å². The molecule has 2 aromatic heterocycles. The molecule has 4 rings (SSSR count). The number of thiophene rings is 1. The van der Waals surface area contributed by atoms with E-state index >= 15 is 0 Å².